The molecule has 0 saturated heterocycles. The normalized spacial score (nSPS) is 10.4. The molecular formula is C15H21FN2O2. The third-order valence-corrected chi connectivity index (χ3v) is 3.13. The summed E-state index contributed by atoms with van der Waals surface area (Å²) >= 11 is 0. The van der Waals surface area contributed by atoms with E-state index in [2.05, 4.69) is 5.32 Å². The third kappa shape index (κ3) is 4.99. The first-order valence-corrected chi connectivity index (χ1v) is 6.71. The Morgan fingerprint density at radius 1 is 1.25 bits per heavy atom. The van der Waals surface area contributed by atoms with Crippen LogP contribution in [0.4, 0.5) is 4.39 Å². The lowest BCUT2D eigenvalue weighted by Gasteiger charge is -2.21. The van der Waals surface area contributed by atoms with E-state index < -0.39 is 0 Å². The molecule has 20 heavy (non-hydrogen) atoms. The molecule has 4 nitrogen and oxygen atoms in total. The predicted molar refractivity (Wildman–Crippen MR) is 75.9 cm³/mol. The molecule has 0 aliphatic carbocycles. The summed E-state index contributed by atoms with van der Waals surface area (Å²) < 4.78 is 12.7. The van der Waals surface area contributed by atoms with Crippen molar-refractivity contribution in [3.8, 4) is 0 Å². The molecule has 1 aromatic rings. The van der Waals surface area contributed by atoms with Gasteiger partial charge in [-0.1, -0.05) is 0 Å². The van der Waals surface area contributed by atoms with Gasteiger partial charge in [-0.3, -0.25) is 9.59 Å². The quantitative estimate of drug-likeness (QED) is 0.812. The van der Waals surface area contributed by atoms with Crippen molar-refractivity contribution in [2.24, 2.45) is 0 Å². The summed E-state index contributed by atoms with van der Waals surface area (Å²) in [7, 11) is 1.77. The molecule has 0 radical (unpaired) electrons. The van der Waals surface area contributed by atoms with E-state index in [0.717, 1.165) is 0 Å². The topological polar surface area (TPSA) is 49.4 Å². The first kappa shape index (κ1) is 16.1. The molecule has 1 rings (SSSR count). The van der Waals surface area contributed by atoms with E-state index in [1.807, 2.05) is 13.8 Å². The van der Waals surface area contributed by atoms with E-state index in [1.54, 1.807) is 11.9 Å². The molecular weight excluding hydrogens is 259 g/mol. The van der Waals surface area contributed by atoms with Gasteiger partial charge in [-0.15, -0.1) is 0 Å². The molecule has 0 aliphatic rings. The minimum Gasteiger partial charge on any atom is -0.352 e. The average Bonchev–Trinajstić information content (AvgIpc) is 2.42. The zero-order valence-electron chi connectivity index (χ0n) is 12.1. The van der Waals surface area contributed by atoms with E-state index in [9.17, 15) is 14.0 Å². The largest absolute Gasteiger partial charge is 0.352 e. The molecule has 0 unspecified atom stereocenters. The zero-order chi connectivity index (χ0) is 15.1. The van der Waals surface area contributed by atoms with Gasteiger partial charge in [-0.05, 0) is 44.5 Å². The highest BCUT2D eigenvalue weighted by Crippen LogP contribution is 2.03. The van der Waals surface area contributed by atoms with Crippen LogP contribution in [0.1, 0.15) is 37.0 Å². The highest BCUT2D eigenvalue weighted by Gasteiger charge is 2.11. The lowest BCUT2D eigenvalue weighted by Crippen LogP contribution is -2.33. The summed E-state index contributed by atoms with van der Waals surface area (Å²) in [6.45, 7) is 4.33. The zero-order valence-corrected chi connectivity index (χ0v) is 12.1. The van der Waals surface area contributed by atoms with Crippen LogP contribution in [-0.4, -0.2) is 36.3 Å². The van der Waals surface area contributed by atoms with Crippen molar-refractivity contribution in [3.63, 3.8) is 0 Å². The molecule has 0 heterocycles. The van der Waals surface area contributed by atoms with Crippen LogP contribution < -0.4 is 5.32 Å². The van der Waals surface area contributed by atoms with Gasteiger partial charge in [0.1, 0.15) is 5.82 Å². The van der Waals surface area contributed by atoms with Crippen LogP contribution in [0.25, 0.3) is 0 Å². The van der Waals surface area contributed by atoms with Gasteiger partial charge in [0.05, 0.1) is 0 Å². The summed E-state index contributed by atoms with van der Waals surface area (Å²) in [4.78, 5) is 25.1. The lowest BCUT2D eigenvalue weighted by molar-refractivity contribution is -0.131. The number of carbonyl (C=O) groups excluding carboxylic acids is 2. The van der Waals surface area contributed by atoms with Gasteiger partial charge in [0.15, 0.2) is 0 Å². The monoisotopic (exact) mass is 280 g/mol. The Hall–Kier alpha value is -1.91. The van der Waals surface area contributed by atoms with E-state index in [1.165, 1.54) is 24.3 Å². The number of carbonyl (C=O) groups is 2. The fourth-order valence-corrected chi connectivity index (χ4v) is 1.61. The summed E-state index contributed by atoms with van der Waals surface area (Å²) in [6, 6.07) is 5.54. The molecule has 5 heteroatoms. The number of amides is 2. The minimum atomic E-state index is -0.371. The SMILES string of the molecule is CC(C)N(C)C(=O)CCCNC(=O)c1ccc(F)cc1. The number of hydrogen-bond donors (Lipinski definition) is 1. The Morgan fingerprint density at radius 2 is 1.85 bits per heavy atom. The fourth-order valence-electron chi connectivity index (χ4n) is 1.61. The summed E-state index contributed by atoms with van der Waals surface area (Å²) in [5, 5.41) is 2.71. The van der Waals surface area contributed by atoms with Crippen molar-refractivity contribution in [2.75, 3.05) is 13.6 Å². The second kappa shape index (κ2) is 7.62. The number of benzene rings is 1. The molecule has 0 saturated carbocycles. The Kier molecular flexibility index (Phi) is 6.15. The van der Waals surface area contributed by atoms with Crippen LogP contribution in [0.5, 0.6) is 0 Å². The molecule has 110 valence electrons. The minimum absolute atomic E-state index is 0.0658. The highest BCUT2D eigenvalue weighted by atomic mass is 19.1. The van der Waals surface area contributed by atoms with E-state index in [4.69, 9.17) is 0 Å². The molecule has 2 amide bonds. The molecule has 0 aliphatic heterocycles. The van der Waals surface area contributed by atoms with Gasteiger partial charge in [-0.25, -0.2) is 4.39 Å². The van der Waals surface area contributed by atoms with Crippen molar-refractivity contribution in [3.05, 3.63) is 35.6 Å². The van der Waals surface area contributed by atoms with Crippen LogP contribution in [0.3, 0.4) is 0 Å². The van der Waals surface area contributed by atoms with Crippen molar-refractivity contribution in [2.45, 2.75) is 32.7 Å². The van der Waals surface area contributed by atoms with Crippen LogP contribution in [0.2, 0.25) is 0 Å². The maximum atomic E-state index is 12.7. The smallest absolute Gasteiger partial charge is 0.251 e. The van der Waals surface area contributed by atoms with Crippen molar-refractivity contribution in [1.29, 1.82) is 0 Å². The maximum absolute atomic E-state index is 12.7. The van der Waals surface area contributed by atoms with E-state index in [0.29, 0.717) is 24.9 Å². The molecule has 0 aromatic heterocycles. The molecule has 0 spiro atoms. The van der Waals surface area contributed by atoms with Gasteiger partial charge in [0, 0.05) is 31.6 Å². The Bertz CT molecular complexity index is 457. The second-order valence-corrected chi connectivity index (χ2v) is 4.96. The van der Waals surface area contributed by atoms with Gasteiger partial charge in [0.2, 0.25) is 5.91 Å². The fraction of sp³-hybridized carbons (Fsp3) is 0.467. The summed E-state index contributed by atoms with van der Waals surface area (Å²) in [5.41, 5.74) is 0.414. The van der Waals surface area contributed by atoms with Crippen LogP contribution in [0.15, 0.2) is 24.3 Å². The Labute approximate surface area is 119 Å². The van der Waals surface area contributed by atoms with Gasteiger partial charge >= 0.3 is 0 Å². The number of hydrogen-bond acceptors (Lipinski definition) is 2. The van der Waals surface area contributed by atoms with Gasteiger partial charge in [-0.2, -0.15) is 0 Å². The van der Waals surface area contributed by atoms with Crippen molar-refractivity contribution < 1.29 is 14.0 Å². The molecule has 1 aromatic carbocycles. The number of nitrogens with one attached hydrogen (secondary N) is 1. The van der Waals surface area contributed by atoms with Gasteiger partial charge in [0.25, 0.3) is 5.91 Å². The summed E-state index contributed by atoms with van der Waals surface area (Å²) in [6.07, 6.45) is 0.987. The average molecular weight is 280 g/mol. The third-order valence-electron chi connectivity index (χ3n) is 3.13. The number of nitrogens with zero attached hydrogens (tertiary/aromatic N) is 1. The molecule has 0 bridgehead atoms. The highest BCUT2D eigenvalue weighted by molar-refractivity contribution is 5.94. The second-order valence-electron chi connectivity index (χ2n) is 4.96. The Balaban J connectivity index is 2.29. The Morgan fingerprint density at radius 3 is 2.40 bits per heavy atom. The van der Waals surface area contributed by atoms with Crippen LogP contribution in [-0.2, 0) is 4.79 Å². The number of rotatable bonds is 6. The standard InChI is InChI=1S/C15H21FN2O2/c1-11(2)18(3)14(19)5-4-10-17-15(20)12-6-8-13(16)9-7-12/h6-9,11H,4-5,10H2,1-3H3,(H,17,20). The first-order chi connectivity index (χ1) is 9.41. The maximum Gasteiger partial charge on any atom is 0.251 e. The van der Waals surface area contributed by atoms with Crippen molar-refractivity contribution >= 4 is 11.8 Å². The molecule has 0 fully saturated rings. The van der Waals surface area contributed by atoms with Crippen LogP contribution >= 0.6 is 0 Å². The lowest BCUT2D eigenvalue weighted by atomic mass is 10.2. The number of halogens is 1. The predicted octanol–water partition coefficient (Wildman–Crippen LogP) is 2.20. The molecule has 0 atom stereocenters. The van der Waals surface area contributed by atoms with E-state index >= 15 is 0 Å². The first-order valence-electron chi connectivity index (χ1n) is 6.71. The van der Waals surface area contributed by atoms with Crippen LogP contribution in [0, 0.1) is 5.82 Å². The molecule has 1 N–H and O–H groups in total. The van der Waals surface area contributed by atoms with E-state index in [-0.39, 0.29) is 23.7 Å². The van der Waals surface area contributed by atoms with Crippen molar-refractivity contribution in [1.82, 2.24) is 10.2 Å². The van der Waals surface area contributed by atoms with Gasteiger partial charge < -0.3 is 10.2 Å². The summed E-state index contributed by atoms with van der Waals surface area (Å²) in [5.74, 6) is -0.561.